The lowest BCUT2D eigenvalue weighted by atomic mass is 10.0. The zero-order chi connectivity index (χ0) is 13.5. The number of aryl methyl sites for hydroxylation is 1. The number of rotatable bonds is 7. The second-order valence-corrected chi connectivity index (χ2v) is 4.70. The van der Waals surface area contributed by atoms with Gasteiger partial charge in [-0.1, -0.05) is 43.7 Å². The van der Waals surface area contributed by atoms with Gasteiger partial charge in [0.2, 0.25) is 0 Å². The van der Waals surface area contributed by atoms with Crippen molar-refractivity contribution in [2.75, 3.05) is 13.1 Å². The van der Waals surface area contributed by atoms with E-state index in [-0.39, 0.29) is 12.6 Å². The van der Waals surface area contributed by atoms with E-state index < -0.39 is 5.97 Å². The van der Waals surface area contributed by atoms with Crippen LogP contribution in [0.5, 0.6) is 0 Å². The molecule has 3 nitrogen and oxygen atoms in total. The molecule has 0 aliphatic rings. The molecule has 0 aliphatic carbocycles. The van der Waals surface area contributed by atoms with Crippen LogP contribution in [0.4, 0.5) is 0 Å². The van der Waals surface area contributed by atoms with Crippen molar-refractivity contribution in [3.05, 3.63) is 35.4 Å². The second-order valence-electron chi connectivity index (χ2n) is 4.70. The summed E-state index contributed by atoms with van der Waals surface area (Å²) in [6.45, 7) is 7.18. The van der Waals surface area contributed by atoms with Gasteiger partial charge in [0.05, 0.1) is 6.54 Å². The van der Waals surface area contributed by atoms with Gasteiger partial charge in [-0.3, -0.25) is 9.69 Å². The summed E-state index contributed by atoms with van der Waals surface area (Å²) in [5.74, 6) is -0.756. The van der Waals surface area contributed by atoms with Gasteiger partial charge in [-0.05, 0) is 31.9 Å². The molecular formula is C15H23NO2. The third kappa shape index (κ3) is 4.15. The van der Waals surface area contributed by atoms with E-state index in [9.17, 15) is 4.79 Å². The number of carboxylic acids is 1. The molecule has 0 aliphatic heterocycles. The first-order valence-corrected chi connectivity index (χ1v) is 6.60. The molecule has 1 aromatic carbocycles. The van der Waals surface area contributed by atoms with Crippen LogP contribution < -0.4 is 0 Å². The lowest BCUT2D eigenvalue weighted by Crippen LogP contribution is -2.34. The molecule has 100 valence electrons. The Hall–Kier alpha value is -1.35. The highest BCUT2D eigenvalue weighted by molar-refractivity contribution is 5.69. The van der Waals surface area contributed by atoms with E-state index in [1.54, 1.807) is 0 Å². The number of aliphatic carboxylic acids is 1. The molecule has 1 atom stereocenters. The number of hydrogen-bond acceptors (Lipinski definition) is 2. The van der Waals surface area contributed by atoms with Crippen LogP contribution in [0.3, 0.4) is 0 Å². The Labute approximate surface area is 109 Å². The lowest BCUT2D eigenvalue weighted by molar-refractivity contribution is -0.139. The average molecular weight is 249 g/mol. The first-order valence-electron chi connectivity index (χ1n) is 6.60. The molecule has 1 unspecified atom stereocenters. The Morgan fingerprint density at radius 1 is 1.28 bits per heavy atom. The van der Waals surface area contributed by atoms with Crippen molar-refractivity contribution in [2.45, 2.75) is 39.7 Å². The maximum Gasteiger partial charge on any atom is 0.317 e. The van der Waals surface area contributed by atoms with Crippen LogP contribution in [0, 0.1) is 6.92 Å². The Morgan fingerprint density at radius 2 is 1.89 bits per heavy atom. The van der Waals surface area contributed by atoms with Gasteiger partial charge < -0.3 is 5.11 Å². The minimum absolute atomic E-state index is 0.111. The van der Waals surface area contributed by atoms with Crippen LogP contribution in [0.15, 0.2) is 24.3 Å². The predicted molar refractivity (Wildman–Crippen MR) is 73.7 cm³/mol. The van der Waals surface area contributed by atoms with Crippen LogP contribution >= 0.6 is 0 Å². The predicted octanol–water partition coefficient (Wildman–Crippen LogP) is 3.24. The summed E-state index contributed by atoms with van der Waals surface area (Å²) in [6.07, 6.45) is 1.89. The molecule has 0 fully saturated rings. The van der Waals surface area contributed by atoms with E-state index in [0.717, 1.165) is 19.4 Å². The highest BCUT2D eigenvalue weighted by Crippen LogP contribution is 2.24. The molecule has 3 heteroatoms. The van der Waals surface area contributed by atoms with Gasteiger partial charge >= 0.3 is 5.97 Å². The van der Waals surface area contributed by atoms with Gasteiger partial charge in [0.1, 0.15) is 0 Å². The number of carbonyl (C=O) groups is 1. The molecular weight excluding hydrogens is 226 g/mol. The highest BCUT2D eigenvalue weighted by atomic mass is 16.4. The summed E-state index contributed by atoms with van der Waals surface area (Å²) in [4.78, 5) is 13.0. The SMILES string of the molecule is CCCN(CC(=O)O)C(CC)c1ccc(C)cc1. The molecule has 0 saturated heterocycles. The maximum absolute atomic E-state index is 10.9. The Balaban J connectivity index is 2.89. The zero-order valence-electron chi connectivity index (χ0n) is 11.5. The average Bonchev–Trinajstić information content (AvgIpc) is 2.32. The quantitative estimate of drug-likeness (QED) is 0.806. The van der Waals surface area contributed by atoms with Crippen LogP contribution in [0.2, 0.25) is 0 Å². The van der Waals surface area contributed by atoms with Crippen molar-refractivity contribution in [3.63, 3.8) is 0 Å². The van der Waals surface area contributed by atoms with Crippen LogP contribution in [-0.2, 0) is 4.79 Å². The molecule has 0 aromatic heterocycles. The van der Waals surface area contributed by atoms with E-state index in [2.05, 4.69) is 45.0 Å². The lowest BCUT2D eigenvalue weighted by Gasteiger charge is -2.29. The van der Waals surface area contributed by atoms with Gasteiger partial charge in [0.25, 0.3) is 0 Å². The summed E-state index contributed by atoms with van der Waals surface area (Å²) >= 11 is 0. The third-order valence-corrected chi connectivity index (χ3v) is 3.14. The molecule has 1 N–H and O–H groups in total. The first-order chi connectivity index (χ1) is 8.58. The fourth-order valence-electron chi connectivity index (χ4n) is 2.30. The van der Waals surface area contributed by atoms with Gasteiger partial charge in [0.15, 0.2) is 0 Å². The molecule has 1 aromatic rings. The standard InChI is InChI=1S/C15H23NO2/c1-4-10-16(11-15(17)18)14(5-2)13-8-6-12(3)7-9-13/h6-9,14H,4-5,10-11H2,1-3H3,(H,17,18). The van der Waals surface area contributed by atoms with Crippen molar-refractivity contribution in [1.82, 2.24) is 4.90 Å². The number of carboxylic acid groups (broad SMARTS) is 1. The molecule has 1 rings (SSSR count). The van der Waals surface area contributed by atoms with Gasteiger partial charge in [0, 0.05) is 6.04 Å². The van der Waals surface area contributed by atoms with Crippen molar-refractivity contribution < 1.29 is 9.90 Å². The minimum atomic E-state index is -0.756. The minimum Gasteiger partial charge on any atom is -0.480 e. The number of nitrogens with zero attached hydrogens (tertiary/aromatic N) is 1. The fourth-order valence-corrected chi connectivity index (χ4v) is 2.30. The van der Waals surface area contributed by atoms with E-state index in [1.165, 1.54) is 11.1 Å². The summed E-state index contributed by atoms with van der Waals surface area (Å²) in [5, 5.41) is 9.00. The Bertz CT molecular complexity index is 373. The van der Waals surface area contributed by atoms with E-state index in [0.29, 0.717) is 0 Å². The largest absolute Gasteiger partial charge is 0.480 e. The summed E-state index contributed by atoms with van der Waals surface area (Å²) in [7, 11) is 0. The van der Waals surface area contributed by atoms with Crippen LogP contribution in [0.1, 0.15) is 43.9 Å². The molecule has 0 radical (unpaired) electrons. The normalized spacial score (nSPS) is 12.7. The molecule has 0 saturated carbocycles. The van der Waals surface area contributed by atoms with E-state index in [4.69, 9.17) is 5.11 Å². The first kappa shape index (κ1) is 14.7. The number of hydrogen-bond donors (Lipinski definition) is 1. The summed E-state index contributed by atoms with van der Waals surface area (Å²) in [5.41, 5.74) is 2.44. The zero-order valence-corrected chi connectivity index (χ0v) is 11.5. The van der Waals surface area contributed by atoms with Crippen LogP contribution in [-0.4, -0.2) is 29.1 Å². The number of benzene rings is 1. The topological polar surface area (TPSA) is 40.5 Å². The Kier molecular flexibility index (Phi) is 5.86. The third-order valence-electron chi connectivity index (χ3n) is 3.14. The van der Waals surface area contributed by atoms with Crippen molar-refractivity contribution in [1.29, 1.82) is 0 Å². The van der Waals surface area contributed by atoms with E-state index >= 15 is 0 Å². The van der Waals surface area contributed by atoms with E-state index in [1.807, 2.05) is 4.90 Å². The molecule has 0 spiro atoms. The highest BCUT2D eigenvalue weighted by Gasteiger charge is 2.20. The van der Waals surface area contributed by atoms with Crippen molar-refractivity contribution in [2.24, 2.45) is 0 Å². The van der Waals surface area contributed by atoms with Gasteiger partial charge in [-0.25, -0.2) is 0 Å². The second kappa shape index (κ2) is 7.17. The molecule has 18 heavy (non-hydrogen) atoms. The summed E-state index contributed by atoms with van der Waals surface area (Å²) < 4.78 is 0. The van der Waals surface area contributed by atoms with Crippen molar-refractivity contribution in [3.8, 4) is 0 Å². The fraction of sp³-hybridized carbons (Fsp3) is 0.533. The Morgan fingerprint density at radius 3 is 2.33 bits per heavy atom. The summed E-state index contributed by atoms with van der Waals surface area (Å²) in [6, 6.07) is 8.58. The van der Waals surface area contributed by atoms with Gasteiger partial charge in [-0.2, -0.15) is 0 Å². The van der Waals surface area contributed by atoms with Crippen molar-refractivity contribution >= 4 is 5.97 Å². The monoisotopic (exact) mass is 249 g/mol. The molecule has 0 bridgehead atoms. The van der Waals surface area contributed by atoms with Crippen LogP contribution in [0.25, 0.3) is 0 Å². The molecule has 0 heterocycles. The van der Waals surface area contributed by atoms with Gasteiger partial charge in [-0.15, -0.1) is 0 Å². The smallest absolute Gasteiger partial charge is 0.317 e. The molecule has 0 amide bonds. The maximum atomic E-state index is 10.9.